The summed E-state index contributed by atoms with van der Waals surface area (Å²) in [4.78, 5) is 0.799. The molecule has 16 heavy (non-hydrogen) atoms. The Labute approximate surface area is 107 Å². The molecule has 0 fully saturated rings. The molecule has 2 N–H and O–H groups in total. The van der Waals surface area contributed by atoms with E-state index < -0.39 is 10.8 Å². The third kappa shape index (κ3) is 4.33. The van der Waals surface area contributed by atoms with E-state index in [-0.39, 0.29) is 6.10 Å². The van der Waals surface area contributed by atoms with Gasteiger partial charge in [0.15, 0.2) is 0 Å². The zero-order valence-corrected chi connectivity index (χ0v) is 11.6. The average Bonchev–Trinajstić information content (AvgIpc) is 2.28. The van der Waals surface area contributed by atoms with Crippen molar-refractivity contribution in [2.45, 2.75) is 17.9 Å². The molecule has 5 heteroatoms. The molecular weight excluding hydrogens is 290 g/mol. The topological polar surface area (TPSA) is 52.3 Å². The van der Waals surface area contributed by atoms with Crippen LogP contribution < -0.4 is 5.73 Å². The van der Waals surface area contributed by atoms with E-state index in [0.29, 0.717) is 18.9 Å². The van der Waals surface area contributed by atoms with Gasteiger partial charge in [0.1, 0.15) is 0 Å². The molecule has 0 bridgehead atoms. The molecule has 2 atom stereocenters. The quantitative estimate of drug-likeness (QED) is 0.873. The number of benzene rings is 1. The largest absolute Gasteiger partial charge is 0.376 e. The summed E-state index contributed by atoms with van der Waals surface area (Å²) in [6.07, 6.45) is -0.134. The van der Waals surface area contributed by atoms with Crippen LogP contribution in [0.2, 0.25) is 0 Å². The minimum absolute atomic E-state index is 0.134. The predicted molar refractivity (Wildman–Crippen MR) is 69.9 cm³/mol. The van der Waals surface area contributed by atoms with Crippen LogP contribution in [0.15, 0.2) is 33.6 Å². The summed E-state index contributed by atoms with van der Waals surface area (Å²) in [6.45, 7) is 2.90. The van der Waals surface area contributed by atoms with Crippen molar-refractivity contribution in [3.8, 4) is 0 Å². The van der Waals surface area contributed by atoms with Gasteiger partial charge in [-0.1, -0.05) is 22.0 Å². The summed E-state index contributed by atoms with van der Waals surface area (Å²) >= 11 is 3.35. The molecule has 1 aromatic carbocycles. The standard InChI is InChI=1S/C11H16BrNO2S/c1-2-15-10(7-13)8-16(14)11-5-3-4-9(12)6-11/h3-6,10H,2,7-8,13H2,1H3. The number of hydrogen-bond donors (Lipinski definition) is 1. The van der Waals surface area contributed by atoms with Crippen LogP contribution in [0.4, 0.5) is 0 Å². The summed E-state index contributed by atoms with van der Waals surface area (Å²) in [5, 5.41) is 0. The van der Waals surface area contributed by atoms with E-state index in [4.69, 9.17) is 10.5 Å². The second kappa shape index (κ2) is 7.17. The van der Waals surface area contributed by atoms with Gasteiger partial charge in [-0.05, 0) is 25.1 Å². The van der Waals surface area contributed by atoms with Gasteiger partial charge < -0.3 is 10.5 Å². The molecule has 0 aliphatic rings. The molecule has 2 unspecified atom stereocenters. The van der Waals surface area contributed by atoms with Crippen molar-refractivity contribution in [2.24, 2.45) is 5.73 Å². The number of rotatable bonds is 6. The molecule has 0 aliphatic carbocycles. The van der Waals surface area contributed by atoms with Crippen LogP contribution in [0.5, 0.6) is 0 Å². The fourth-order valence-corrected chi connectivity index (χ4v) is 3.10. The maximum atomic E-state index is 12.0. The van der Waals surface area contributed by atoms with E-state index in [0.717, 1.165) is 9.37 Å². The molecule has 0 heterocycles. The molecule has 1 rings (SSSR count). The van der Waals surface area contributed by atoms with Crippen molar-refractivity contribution >= 4 is 26.7 Å². The summed E-state index contributed by atoms with van der Waals surface area (Å²) in [6, 6.07) is 7.48. The fraction of sp³-hybridized carbons (Fsp3) is 0.455. The van der Waals surface area contributed by atoms with Crippen molar-refractivity contribution < 1.29 is 8.95 Å². The lowest BCUT2D eigenvalue weighted by Gasteiger charge is -2.14. The Bertz CT molecular complexity index is 360. The van der Waals surface area contributed by atoms with Gasteiger partial charge in [-0.3, -0.25) is 4.21 Å². The molecule has 3 nitrogen and oxygen atoms in total. The van der Waals surface area contributed by atoms with Crippen LogP contribution >= 0.6 is 15.9 Å². The fourth-order valence-electron chi connectivity index (χ4n) is 1.29. The Hall–Kier alpha value is -0.230. The number of hydrogen-bond acceptors (Lipinski definition) is 3. The lowest BCUT2D eigenvalue weighted by atomic mass is 10.4. The van der Waals surface area contributed by atoms with Crippen molar-refractivity contribution in [3.63, 3.8) is 0 Å². The summed E-state index contributed by atoms with van der Waals surface area (Å²) in [5.41, 5.74) is 5.55. The normalized spacial score (nSPS) is 14.7. The highest BCUT2D eigenvalue weighted by atomic mass is 79.9. The maximum Gasteiger partial charge on any atom is 0.0815 e. The molecule has 1 aromatic rings. The van der Waals surface area contributed by atoms with Gasteiger partial charge in [-0.15, -0.1) is 0 Å². The minimum Gasteiger partial charge on any atom is -0.376 e. The SMILES string of the molecule is CCOC(CN)CS(=O)c1cccc(Br)c1. The number of ether oxygens (including phenoxy) is 1. The molecule has 0 saturated carbocycles. The van der Waals surface area contributed by atoms with Crippen LogP contribution in [-0.2, 0) is 15.5 Å². The van der Waals surface area contributed by atoms with Crippen LogP contribution in [0, 0.1) is 0 Å². The molecular formula is C11H16BrNO2S. The first-order valence-corrected chi connectivity index (χ1v) is 7.24. The Morgan fingerprint density at radius 3 is 2.88 bits per heavy atom. The molecule has 0 saturated heterocycles. The maximum absolute atomic E-state index is 12.0. The molecule has 0 aromatic heterocycles. The number of nitrogens with two attached hydrogens (primary N) is 1. The van der Waals surface area contributed by atoms with Crippen LogP contribution in [0.3, 0.4) is 0 Å². The first kappa shape index (κ1) is 13.8. The predicted octanol–water partition coefficient (Wildman–Crippen LogP) is 1.92. The highest BCUT2D eigenvalue weighted by Gasteiger charge is 2.12. The van der Waals surface area contributed by atoms with Crippen LogP contribution in [0.1, 0.15) is 6.92 Å². The van der Waals surface area contributed by atoms with Crippen molar-refractivity contribution in [1.82, 2.24) is 0 Å². The zero-order chi connectivity index (χ0) is 12.0. The van der Waals surface area contributed by atoms with Crippen molar-refractivity contribution in [1.29, 1.82) is 0 Å². The van der Waals surface area contributed by atoms with E-state index in [1.165, 1.54) is 0 Å². The highest BCUT2D eigenvalue weighted by molar-refractivity contribution is 9.10. The van der Waals surface area contributed by atoms with E-state index in [2.05, 4.69) is 15.9 Å². The molecule has 0 aliphatic heterocycles. The van der Waals surface area contributed by atoms with E-state index in [9.17, 15) is 4.21 Å². The minimum atomic E-state index is -1.06. The molecule has 0 amide bonds. The van der Waals surface area contributed by atoms with Gasteiger partial charge in [-0.25, -0.2) is 0 Å². The lowest BCUT2D eigenvalue weighted by Crippen LogP contribution is -2.29. The monoisotopic (exact) mass is 305 g/mol. The smallest absolute Gasteiger partial charge is 0.0815 e. The number of halogens is 1. The van der Waals surface area contributed by atoms with Gasteiger partial charge in [0.2, 0.25) is 0 Å². The van der Waals surface area contributed by atoms with E-state index >= 15 is 0 Å². The first-order chi connectivity index (χ1) is 7.67. The second-order valence-corrected chi connectivity index (χ2v) is 5.69. The summed E-state index contributed by atoms with van der Waals surface area (Å²) in [7, 11) is -1.06. The van der Waals surface area contributed by atoms with Crippen LogP contribution in [-0.4, -0.2) is 29.2 Å². The third-order valence-corrected chi connectivity index (χ3v) is 4.01. The van der Waals surface area contributed by atoms with Crippen molar-refractivity contribution in [2.75, 3.05) is 18.9 Å². The Morgan fingerprint density at radius 1 is 1.56 bits per heavy atom. The molecule has 0 radical (unpaired) electrons. The van der Waals surface area contributed by atoms with Gasteiger partial charge in [0, 0.05) is 22.5 Å². The lowest BCUT2D eigenvalue weighted by molar-refractivity contribution is 0.0852. The molecule has 0 spiro atoms. The van der Waals surface area contributed by atoms with Crippen molar-refractivity contribution in [3.05, 3.63) is 28.7 Å². The Morgan fingerprint density at radius 2 is 2.31 bits per heavy atom. The highest BCUT2D eigenvalue weighted by Crippen LogP contribution is 2.15. The average molecular weight is 306 g/mol. The Kier molecular flexibility index (Phi) is 6.20. The zero-order valence-electron chi connectivity index (χ0n) is 9.19. The summed E-state index contributed by atoms with van der Waals surface area (Å²) < 4.78 is 18.3. The van der Waals surface area contributed by atoms with E-state index in [1.54, 1.807) is 0 Å². The third-order valence-electron chi connectivity index (χ3n) is 2.06. The molecule has 90 valence electrons. The van der Waals surface area contributed by atoms with E-state index in [1.807, 2.05) is 31.2 Å². The van der Waals surface area contributed by atoms with Gasteiger partial charge in [0.05, 0.1) is 22.7 Å². The first-order valence-electron chi connectivity index (χ1n) is 5.13. The van der Waals surface area contributed by atoms with Crippen LogP contribution in [0.25, 0.3) is 0 Å². The van der Waals surface area contributed by atoms with Gasteiger partial charge in [-0.2, -0.15) is 0 Å². The van der Waals surface area contributed by atoms with Gasteiger partial charge >= 0.3 is 0 Å². The van der Waals surface area contributed by atoms with Gasteiger partial charge in [0.25, 0.3) is 0 Å². The Balaban J connectivity index is 2.64. The summed E-state index contributed by atoms with van der Waals surface area (Å²) in [5.74, 6) is 0.445. The second-order valence-electron chi connectivity index (χ2n) is 3.28.